The van der Waals surface area contributed by atoms with Crippen molar-refractivity contribution in [1.29, 1.82) is 0 Å². The first-order valence-corrected chi connectivity index (χ1v) is 13.7. The van der Waals surface area contributed by atoms with Crippen molar-refractivity contribution in [3.05, 3.63) is 35.1 Å². The molecule has 194 valence electrons. The minimum Gasteiger partial charge on any atom is -0.496 e. The zero-order valence-electron chi connectivity index (χ0n) is 20.2. The lowest BCUT2D eigenvalue weighted by molar-refractivity contribution is 0.382. The number of imidazole rings is 1. The van der Waals surface area contributed by atoms with Crippen LogP contribution in [0.4, 0.5) is 5.82 Å². The lowest BCUT2D eigenvalue weighted by Crippen LogP contribution is -2.50. The average Bonchev–Trinajstić information content (AvgIpc) is 3.68. The van der Waals surface area contributed by atoms with E-state index < -0.39 is 16.1 Å². The van der Waals surface area contributed by atoms with Crippen molar-refractivity contribution in [3.8, 4) is 22.8 Å². The summed E-state index contributed by atoms with van der Waals surface area (Å²) in [7, 11) is -0.0983. The van der Waals surface area contributed by atoms with Crippen LogP contribution >= 0.6 is 11.6 Å². The summed E-state index contributed by atoms with van der Waals surface area (Å²) in [6.45, 7) is 2.07. The lowest BCUT2D eigenvalue weighted by Gasteiger charge is -2.36. The molecular formula is C23H30ClN7O4S. The number of piperazine rings is 1. The number of nitrogens with zero attached hydrogens (tertiary/aromatic N) is 5. The molecule has 1 unspecified atom stereocenters. The summed E-state index contributed by atoms with van der Waals surface area (Å²) >= 11 is 6.37. The minimum atomic E-state index is -3.21. The second kappa shape index (κ2) is 9.67. The molecule has 2 aliphatic rings. The van der Waals surface area contributed by atoms with Crippen LogP contribution in [0, 0.1) is 0 Å². The third-order valence-corrected chi connectivity index (χ3v) is 9.40. The van der Waals surface area contributed by atoms with Gasteiger partial charge in [-0.3, -0.25) is 4.40 Å². The standard InChI is InChI=1S/C23H30ClN7O4S/c1-34-20-10-21(35-2)17(24)9-15(20)19-13-30-12-16(18(26)11-25)22(28-23(30)27-19)29-5-7-31(8-6-29)36(32,33)14-3-4-14/h9-10,12-14,18H,3-8,11,25-26H2,1-2H3. The summed E-state index contributed by atoms with van der Waals surface area (Å²) < 4.78 is 39.5. The number of methoxy groups -OCH3 is 2. The Morgan fingerprint density at radius 3 is 2.39 bits per heavy atom. The van der Waals surface area contributed by atoms with Crippen molar-refractivity contribution in [2.24, 2.45) is 11.5 Å². The van der Waals surface area contributed by atoms with E-state index in [0.29, 0.717) is 65.6 Å². The molecule has 0 amide bonds. The molecule has 4 N–H and O–H groups in total. The van der Waals surface area contributed by atoms with Crippen molar-refractivity contribution in [1.82, 2.24) is 18.7 Å². The smallest absolute Gasteiger partial charge is 0.236 e. The number of hydrogen-bond donors (Lipinski definition) is 2. The molecule has 11 nitrogen and oxygen atoms in total. The maximum atomic E-state index is 12.7. The van der Waals surface area contributed by atoms with Gasteiger partial charge in [-0.05, 0) is 18.9 Å². The maximum absolute atomic E-state index is 12.7. The first kappa shape index (κ1) is 25.0. The zero-order chi connectivity index (χ0) is 25.6. The van der Waals surface area contributed by atoms with Gasteiger partial charge in [0.15, 0.2) is 0 Å². The first-order chi connectivity index (χ1) is 17.3. The molecule has 5 rings (SSSR count). The van der Waals surface area contributed by atoms with Crippen LogP contribution in [0.1, 0.15) is 24.4 Å². The molecule has 3 heterocycles. The van der Waals surface area contributed by atoms with Crippen molar-refractivity contribution in [3.63, 3.8) is 0 Å². The quantitative estimate of drug-likeness (QED) is 0.440. The fourth-order valence-corrected chi connectivity index (χ4v) is 6.56. The number of anilines is 1. The van der Waals surface area contributed by atoms with E-state index in [2.05, 4.69) is 4.90 Å². The van der Waals surface area contributed by atoms with Gasteiger partial charge in [0.25, 0.3) is 0 Å². The van der Waals surface area contributed by atoms with Crippen LogP contribution < -0.4 is 25.8 Å². The van der Waals surface area contributed by atoms with E-state index in [9.17, 15) is 8.42 Å². The van der Waals surface area contributed by atoms with Crippen LogP contribution in [-0.4, -0.2) is 79.3 Å². The van der Waals surface area contributed by atoms with E-state index in [1.807, 2.05) is 12.4 Å². The van der Waals surface area contributed by atoms with E-state index in [4.69, 9.17) is 42.5 Å². The van der Waals surface area contributed by atoms with E-state index in [1.165, 1.54) is 0 Å². The van der Waals surface area contributed by atoms with E-state index in [1.54, 1.807) is 35.1 Å². The molecule has 0 spiro atoms. The summed E-state index contributed by atoms with van der Waals surface area (Å²) in [5.74, 6) is 2.20. The molecule has 1 saturated carbocycles. The normalized spacial score (nSPS) is 18.0. The Morgan fingerprint density at radius 1 is 1.08 bits per heavy atom. The van der Waals surface area contributed by atoms with Gasteiger partial charge in [-0.25, -0.2) is 13.4 Å². The second-order valence-corrected chi connectivity index (χ2v) is 11.6. The second-order valence-electron chi connectivity index (χ2n) is 9.01. The Labute approximate surface area is 215 Å². The van der Waals surface area contributed by atoms with Crippen LogP contribution in [0.15, 0.2) is 24.5 Å². The van der Waals surface area contributed by atoms with Gasteiger partial charge in [-0.1, -0.05) is 11.6 Å². The highest BCUT2D eigenvalue weighted by atomic mass is 35.5. The number of benzene rings is 1. The van der Waals surface area contributed by atoms with E-state index >= 15 is 0 Å². The highest BCUT2D eigenvalue weighted by Gasteiger charge is 2.41. The third-order valence-electron chi connectivity index (χ3n) is 6.70. The van der Waals surface area contributed by atoms with Crippen molar-refractivity contribution >= 4 is 33.2 Å². The number of fused-ring (bicyclic) bond motifs is 1. The van der Waals surface area contributed by atoms with Gasteiger partial charge in [0.1, 0.15) is 17.3 Å². The summed E-state index contributed by atoms with van der Waals surface area (Å²) in [6, 6.07) is 3.01. The molecule has 1 aliphatic carbocycles. The Balaban J connectivity index is 1.50. The molecule has 0 radical (unpaired) electrons. The van der Waals surface area contributed by atoms with Crippen LogP contribution in [-0.2, 0) is 10.0 Å². The van der Waals surface area contributed by atoms with Crippen LogP contribution in [0.5, 0.6) is 11.5 Å². The Morgan fingerprint density at radius 2 is 1.78 bits per heavy atom. The average molecular weight is 536 g/mol. The maximum Gasteiger partial charge on any atom is 0.236 e. The predicted octanol–water partition coefficient (Wildman–Crippen LogP) is 1.64. The van der Waals surface area contributed by atoms with E-state index in [0.717, 1.165) is 18.4 Å². The fraction of sp³-hybridized carbons (Fsp3) is 0.478. The zero-order valence-corrected chi connectivity index (χ0v) is 21.8. The predicted molar refractivity (Wildman–Crippen MR) is 138 cm³/mol. The summed E-state index contributed by atoms with van der Waals surface area (Å²) in [4.78, 5) is 11.6. The fourth-order valence-electron chi connectivity index (χ4n) is 4.49. The highest BCUT2D eigenvalue weighted by molar-refractivity contribution is 7.90. The molecule has 1 atom stereocenters. The van der Waals surface area contributed by atoms with Gasteiger partial charge in [-0.15, -0.1) is 0 Å². The Bertz CT molecular complexity index is 1380. The Kier molecular flexibility index (Phi) is 6.72. The van der Waals surface area contributed by atoms with Gasteiger partial charge >= 0.3 is 0 Å². The molecule has 1 aliphatic heterocycles. The van der Waals surface area contributed by atoms with Crippen molar-refractivity contribution < 1.29 is 17.9 Å². The number of halogens is 1. The number of rotatable bonds is 8. The van der Waals surface area contributed by atoms with Crippen molar-refractivity contribution in [2.45, 2.75) is 24.1 Å². The van der Waals surface area contributed by atoms with Gasteiger partial charge in [0.05, 0.1) is 30.2 Å². The molecule has 13 heteroatoms. The number of hydrogen-bond acceptors (Lipinski definition) is 9. The summed E-state index contributed by atoms with van der Waals surface area (Å²) in [5.41, 5.74) is 14.4. The summed E-state index contributed by atoms with van der Waals surface area (Å²) in [5, 5.41) is 0.218. The minimum absolute atomic E-state index is 0.216. The number of aromatic nitrogens is 3. The molecule has 0 bridgehead atoms. The van der Waals surface area contributed by atoms with Gasteiger partial charge in [-0.2, -0.15) is 9.29 Å². The SMILES string of the molecule is COc1cc(OC)c(-c2cn3cc(C(N)CN)c(N4CCN(S(=O)(=O)C5CC5)CC4)nc3n2)cc1Cl. The van der Waals surface area contributed by atoms with Crippen LogP contribution in [0.2, 0.25) is 5.02 Å². The molecule has 2 aromatic heterocycles. The Hall–Kier alpha value is -2.64. The topological polar surface area (TPSA) is 141 Å². The van der Waals surface area contributed by atoms with Gasteiger partial charge in [0, 0.05) is 68.4 Å². The largest absolute Gasteiger partial charge is 0.496 e. The molecule has 2 fully saturated rings. The third kappa shape index (κ3) is 4.48. The molecule has 1 saturated heterocycles. The highest BCUT2D eigenvalue weighted by Crippen LogP contribution is 2.38. The van der Waals surface area contributed by atoms with Gasteiger partial charge < -0.3 is 25.8 Å². The monoisotopic (exact) mass is 535 g/mol. The number of ether oxygens (including phenoxy) is 2. The molecular weight excluding hydrogens is 506 g/mol. The van der Waals surface area contributed by atoms with Crippen LogP contribution in [0.3, 0.4) is 0 Å². The molecule has 36 heavy (non-hydrogen) atoms. The van der Waals surface area contributed by atoms with E-state index in [-0.39, 0.29) is 11.8 Å². The van der Waals surface area contributed by atoms with Crippen LogP contribution in [0.25, 0.3) is 17.0 Å². The molecule has 1 aromatic carbocycles. The summed E-state index contributed by atoms with van der Waals surface area (Å²) in [6.07, 6.45) is 5.22. The first-order valence-electron chi connectivity index (χ1n) is 11.8. The number of nitrogens with two attached hydrogens (primary N) is 2. The van der Waals surface area contributed by atoms with Crippen molar-refractivity contribution in [2.75, 3.05) is 51.8 Å². The molecule has 3 aromatic rings. The van der Waals surface area contributed by atoms with Gasteiger partial charge in [0.2, 0.25) is 15.8 Å². The number of sulfonamides is 1. The lowest BCUT2D eigenvalue weighted by atomic mass is 10.1.